The van der Waals surface area contributed by atoms with E-state index in [1.807, 2.05) is 24.4 Å². The Bertz CT molecular complexity index is 536. The Morgan fingerprint density at radius 3 is 2.94 bits per heavy atom. The molecule has 0 aliphatic rings. The number of pyridine rings is 2. The standard InChI is InChI=1S/C14H17N3O/c1-12(13-5-4-7-15-11-13)16-8-10-17-9-3-2-6-14(17)18/h2-7,9,11-12,16H,8,10H2,1H3/t12-/m1/s1. The molecule has 4 nitrogen and oxygen atoms in total. The molecule has 94 valence electrons. The van der Waals surface area contributed by atoms with Crippen molar-refractivity contribution >= 4 is 0 Å². The minimum Gasteiger partial charge on any atom is -0.314 e. The summed E-state index contributed by atoms with van der Waals surface area (Å²) >= 11 is 0. The Hall–Kier alpha value is -1.94. The topological polar surface area (TPSA) is 46.9 Å². The van der Waals surface area contributed by atoms with Crippen molar-refractivity contribution in [2.45, 2.75) is 19.5 Å². The van der Waals surface area contributed by atoms with Crippen LogP contribution in [-0.4, -0.2) is 16.1 Å². The molecule has 0 aliphatic carbocycles. The Morgan fingerprint density at radius 2 is 2.22 bits per heavy atom. The smallest absolute Gasteiger partial charge is 0.250 e. The largest absolute Gasteiger partial charge is 0.314 e. The van der Waals surface area contributed by atoms with Gasteiger partial charge in [0.05, 0.1) is 0 Å². The maximum Gasteiger partial charge on any atom is 0.250 e. The number of rotatable bonds is 5. The summed E-state index contributed by atoms with van der Waals surface area (Å²) in [5, 5.41) is 3.37. The van der Waals surface area contributed by atoms with Gasteiger partial charge in [-0.25, -0.2) is 0 Å². The van der Waals surface area contributed by atoms with Gasteiger partial charge >= 0.3 is 0 Å². The number of hydrogen-bond acceptors (Lipinski definition) is 3. The van der Waals surface area contributed by atoms with E-state index in [0.29, 0.717) is 6.54 Å². The molecule has 0 spiro atoms. The second-order valence-corrected chi connectivity index (χ2v) is 4.19. The average molecular weight is 243 g/mol. The van der Waals surface area contributed by atoms with E-state index in [-0.39, 0.29) is 11.6 Å². The van der Waals surface area contributed by atoms with Crippen LogP contribution in [0.25, 0.3) is 0 Å². The summed E-state index contributed by atoms with van der Waals surface area (Å²) in [5.74, 6) is 0. The van der Waals surface area contributed by atoms with Crippen LogP contribution in [0, 0.1) is 0 Å². The number of hydrogen-bond donors (Lipinski definition) is 1. The molecule has 1 atom stereocenters. The van der Waals surface area contributed by atoms with E-state index in [4.69, 9.17) is 0 Å². The molecule has 18 heavy (non-hydrogen) atoms. The van der Waals surface area contributed by atoms with Crippen LogP contribution in [-0.2, 0) is 6.54 Å². The molecular weight excluding hydrogens is 226 g/mol. The summed E-state index contributed by atoms with van der Waals surface area (Å²) in [6, 6.07) is 9.40. The number of aromatic nitrogens is 2. The van der Waals surface area contributed by atoms with Crippen LogP contribution in [0.1, 0.15) is 18.5 Å². The molecule has 0 radical (unpaired) electrons. The molecule has 2 aromatic rings. The maximum atomic E-state index is 11.5. The van der Waals surface area contributed by atoms with Crippen molar-refractivity contribution < 1.29 is 0 Å². The van der Waals surface area contributed by atoms with Gasteiger partial charge in [-0.2, -0.15) is 0 Å². The third-order valence-electron chi connectivity index (χ3n) is 2.89. The Morgan fingerprint density at radius 1 is 1.33 bits per heavy atom. The highest BCUT2D eigenvalue weighted by Crippen LogP contribution is 2.08. The highest BCUT2D eigenvalue weighted by molar-refractivity contribution is 5.12. The molecule has 0 aromatic carbocycles. The lowest BCUT2D eigenvalue weighted by atomic mass is 10.1. The van der Waals surface area contributed by atoms with Crippen molar-refractivity contribution in [2.24, 2.45) is 0 Å². The molecule has 0 aliphatic heterocycles. The van der Waals surface area contributed by atoms with E-state index >= 15 is 0 Å². The van der Waals surface area contributed by atoms with Crippen molar-refractivity contribution in [3.63, 3.8) is 0 Å². The summed E-state index contributed by atoms with van der Waals surface area (Å²) in [6.07, 6.45) is 5.42. The predicted octanol–water partition coefficient (Wildman–Crippen LogP) is 1.59. The van der Waals surface area contributed by atoms with Crippen molar-refractivity contribution in [3.05, 3.63) is 64.8 Å². The van der Waals surface area contributed by atoms with Gasteiger partial charge in [-0.15, -0.1) is 0 Å². The maximum absolute atomic E-state index is 11.5. The van der Waals surface area contributed by atoms with Crippen molar-refractivity contribution in [1.29, 1.82) is 0 Å². The van der Waals surface area contributed by atoms with Crippen LogP contribution in [0.2, 0.25) is 0 Å². The fourth-order valence-corrected chi connectivity index (χ4v) is 1.80. The van der Waals surface area contributed by atoms with Crippen LogP contribution in [0.5, 0.6) is 0 Å². The quantitative estimate of drug-likeness (QED) is 0.867. The summed E-state index contributed by atoms with van der Waals surface area (Å²) in [4.78, 5) is 15.6. The lowest BCUT2D eigenvalue weighted by Gasteiger charge is -2.14. The first-order valence-electron chi connectivity index (χ1n) is 6.06. The molecule has 0 saturated heterocycles. The summed E-state index contributed by atoms with van der Waals surface area (Å²) in [6.45, 7) is 3.51. The zero-order valence-electron chi connectivity index (χ0n) is 10.4. The van der Waals surface area contributed by atoms with Gasteiger partial charge < -0.3 is 9.88 Å². The van der Waals surface area contributed by atoms with Crippen molar-refractivity contribution in [1.82, 2.24) is 14.9 Å². The molecule has 2 rings (SSSR count). The van der Waals surface area contributed by atoms with Gasteiger partial charge in [-0.3, -0.25) is 9.78 Å². The van der Waals surface area contributed by atoms with Crippen LogP contribution in [0.15, 0.2) is 53.7 Å². The first-order chi connectivity index (χ1) is 8.77. The molecule has 2 aromatic heterocycles. The number of nitrogens with one attached hydrogen (secondary N) is 1. The second-order valence-electron chi connectivity index (χ2n) is 4.19. The van der Waals surface area contributed by atoms with Crippen LogP contribution < -0.4 is 10.9 Å². The van der Waals surface area contributed by atoms with E-state index < -0.39 is 0 Å². The summed E-state index contributed by atoms with van der Waals surface area (Å²) in [5.41, 5.74) is 1.19. The molecule has 0 saturated carbocycles. The molecule has 0 amide bonds. The van der Waals surface area contributed by atoms with E-state index in [2.05, 4.69) is 17.2 Å². The normalized spacial score (nSPS) is 12.3. The van der Waals surface area contributed by atoms with Crippen molar-refractivity contribution in [3.8, 4) is 0 Å². The van der Waals surface area contributed by atoms with E-state index in [1.54, 1.807) is 29.1 Å². The monoisotopic (exact) mass is 243 g/mol. The van der Waals surface area contributed by atoms with Gasteiger partial charge in [0.15, 0.2) is 0 Å². The molecule has 1 N–H and O–H groups in total. The fraction of sp³-hybridized carbons (Fsp3) is 0.286. The third-order valence-corrected chi connectivity index (χ3v) is 2.89. The zero-order chi connectivity index (χ0) is 12.8. The van der Waals surface area contributed by atoms with Gasteiger partial charge in [0.2, 0.25) is 0 Å². The lowest BCUT2D eigenvalue weighted by Crippen LogP contribution is -2.27. The number of nitrogens with zero attached hydrogens (tertiary/aromatic N) is 2. The van der Waals surface area contributed by atoms with Crippen LogP contribution in [0.3, 0.4) is 0 Å². The van der Waals surface area contributed by atoms with Gasteiger partial charge in [-0.1, -0.05) is 12.1 Å². The van der Waals surface area contributed by atoms with Crippen molar-refractivity contribution in [2.75, 3.05) is 6.54 Å². The molecule has 2 heterocycles. The van der Waals surface area contributed by atoms with E-state index in [1.165, 1.54) is 0 Å². The van der Waals surface area contributed by atoms with E-state index in [0.717, 1.165) is 12.1 Å². The van der Waals surface area contributed by atoms with Crippen LogP contribution >= 0.6 is 0 Å². The second kappa shape index (κ2) is 6.12. The molecule has 4 heteroatoms. The van der Waals surface area contributed by atoms with E-state index in [9.17, 15) is 4.79 Å². The SMILES string of the molecule is C[C@@H](NCCn1ccccc1=O)c1cccnc1. The zero-order valence-corrected chi connectivity index (χ0v) is 10.4. The summed E-state index contributed by atoms with van der Waals surface area (Å²) < 4.78 is 1.70. The molecule has 0 bridgehead atoms. The Kier molecular flexibility index (Phi) is 4.25. The third kappa shape index (κ3) is 3.28. The first kappa shape index (κ1) is 12.5. The summed E-state index contributed by atoms with van der Waals surface area (Å²) in [7, 11) is 0. The van der Waals surface area contributed by atoms with Gasteiger partial charge in [0.1, 0.15) is 0 Å². The van der Waals surface area contributed by atoms with Gasteiger partial charge in [-0.05, 0) is 24.6 Å². The van der Waals surface area contributed by atoms with Crippen LogP contribution in [0.4, 0.5) is 0 Å². The van der Waals surface area contributed by atoms with Gasteiger partial charge in [0, 0.05) is 43.8 Å². The minimum absolute atomic E-state index is 0.0355. The highest BCUT2D eigenvalue weighted by atomic mass is 16.1. The predicted molar refractivity (Wildman–Crippen MR) is 71.4 cm³/mol. The highest BCUT2D eigenvalue weighted by Gasteiger charge is 2.03. The Balaban J connectivity index is 1.86. The fourth-order valence-electron chi connectivity index (χ4n) is 1.80. The molecule has 0 fully saturated rings. The molecule has 0 unspecified atom stereocenters. The minimum atomic E-state index is 0.0355. The lowest BCUT2D eigenvalue weighted by molar-refractivity contribution is 0.524. The first-order valence-corrected chi connectivity index (χ1v) is 6.06. The Labute approximate surface area is 106 Å². The van der Waals surface area contributed by atoms with Gasteiger partial charge in [0.25, 0.3) is 5.56 Å². The molecular formula is C14H17N3O. The average Bonchev–Trinajstić information content (AvgIpc) is 2.42.